The predicted octanol–water partition coefficient (Wildman–Crippen LogP) is 7.50. The summed E-state index contributed by atoms with van der Waals surface area (Å²) in [7, 11) is 0. The van der Waals surface area contributed by atoms with Crippen LogP contribution in [0.5, 0.6) is 0 Å². The lowest BCUT2D eigenvalue weighted by molar-refractivity contribution is 1.28. The minimum atomic E-state index is 0.168. The lowest BCUT2D eigenvalue weighted by Gasteiger charge is -2.41. The molecule has 0 fully saturated rings. The maximum atomic E-state index is 2.49. The quantitative estimate of drug-likeness (QED) is 0.231. The van der Waals surface area contributed by atoms with Gasteiger partial charge in [-0.3, -0.25) is 0 Å². The minimum Gasteiger partial charge on any atom is -0.310 e. The van der Waals surface area contributed by atoms with Crippen LogP contribution in [0.15, 0.2) is 140 Å². The van der Waals surface area contributed by atoms with Crippen LogP contribution in [0.25, 0.3) is 10.4 Å². The fourth-order valence-corrected chi connectivity index (χ4v) is 7.48. The summed E-state index contributed by atoms with van der Waals surface area (Å²) < 4.78 is 0. The van der Waals surface area contributed by atoms with Gasteiger partial charge >= 0.3 is 0 Å². The van der Waals surface area contributed by atoms with Crippen molar-refractivity contribution in [3.05, 3.63) is 140 Å². The van der Waals surface area contributed by atoms with Gasteiger partial charge in [0.1, 0.15) is 0 Å². The van der Waals surface area contributed by atoms with Gasteiger partial charge in [0.05, 0.1) is 15.6 Å². The van der Waals surface area contributed by atoms with E-state index in [4.69, 9.17) is 0 Å². The molecule has 178 valence electrons. The van der Waals surface area contributed by atoms with Crippen LogP contribution >= 0.6 is 11.3 Å². The molecule has 4 heteroatoms. The molecular formula is C34H23BN2S. The molecule has 0 N–H and O–H groups in total. The third-order valence-electron chi connectivity index (χ3n) is 7.66. The van der Waals surface area contributed by atoms with Crippen molar-refractivity contribution in [1.29, 1.82) is 0 Å². The van der Waals surface area contributed by atoms with E-state index >= 15 is 0 Å². The first-order valence-electron chi connectivity index (χ1n) is 13.0. The average Bonchev–Trinajstić information content (AvgIpc) is 3.38. The SMILES string of the molecule is c1ccc(-c2sc3c4c2N(c2ccccc2)c2ccccc2B4c2ccccc2N3c2ccccc2)cc1. The molecule has 3 heterocycles. The largest absolute Gasteiger partial charge is 0.310 e. The molecule has 0 radical (unpaired) electrons. The second kappa shape index (κ2) is 8.51. The molecule has 2 nitrogen and oxygen atoms in total. The minimum absolute atomic E-state index is 0.168. The number of hydrogen-bond acceptors (Lipinski definition) is 3. The molecule has 0 spiro atoms. The van der Waals surface area contributed by atoms with E-state index < -0.39 is 0 Å². The van der Waals surface area contributed by atoms with E-state index in [1.807, 2.05) is 11.3 Å². The maximum Gasteiger partial charge on any atom is 0.253 e. The molecule has 0 saturated carbocycles. The maximum absolute atomic E-state index is 2.49. The second-order valence-corrected chi connectivity index (χ2v) is 10.8. The van der Waals surface area contributed by atoms with Crippen molar-refractivity contribution in [2.45, 2.75) is 0 Å². The zero-order valence-corrected chi connectivity index (χ0v) is 21.5. The third kappa shape index (κ3) is 3.07. The normalized spacial score (nSPS) is 13.1. The number of fused-ring (bicyclic) bond motifs is 4. The molecule has 0 saturated heterocycles. The fourth-order valence-electron chi connectivity index (χ4n) is 6.11. The molecule has 38 heavy (non-hydrogen) atoms. The van der Waals surface area contributed by atoms with Crippen molar-refractivity contribution in [1.82, 2.24) is 0 Å². The van der Waals surface area contributed by atoms with Crippen LogP contribution in [0.3, 0.4) is 0 Å². The molecule has 8 rings (SSSR count). The van der Waals surface area contributed by atoms with Crippen molar-refractivity contribution in [2.75, 3.05) is 9.80 Å². The summed E-state index contributed by atoms with van der Waals surface area (Å²) in [6, 6.07) is 50.4. The summed E-state index contributed by atoms with van der Waals surface area (Å²) in [6.07, 6.45) is 0. The Balaban J connectivity index is 1.52. The van der Waals surface area contributed by atoms with Gasteiger partial charge in [-0.05, 0) is 58.4 Å². The Morgan fingerprint density at radius 3 is 1.55 bits per heavy atom. The van der Waals surface area contributed by atoms with Crippen molar-refractivity contribution in [2.24, 2.45) is 0 Å². The highest BCUT2D eigenvalue weighted by molar-refractivity contribution is 7.24. The van der Waals surface area contributed by atoms with Gasteiger partial charge in [-0.25, -0.2) is 0 Å². The smallest absolute Gasteiger partial charge is 0.253 e. The van der Waals surface area contributed by atoms with Crippen LogP contribution in [0, 0.1) is 0 Å². The van der Waals surface area contributed by atoms with Gasteiger partial charge in [0, 0.05) is 22.7 Å². The predicted molar refractivity (Wildman–Crippen MR) is 164 cm³/mol. The molecule has 0 atom stereocenters. The van der Waals surface area contributed by atoms with Crippen LogP contribution in [-0.4, -0.2) is 6.71 Å². The number of thiophene rings is 1. The summed E-state index contributed by atoms with van der Waals surface area (Å²) >= 11 is 1.90. The molecule has 0 unspecified atom stereocenters. The number of para-hydroxylation sites is 4. The summed E-state index contributed by atoms with van der Waals surface area (Å²) in [5.41, 5.74) is 11.5. The first-order chi connectivity index (χ1) is 18.9. The van der Waals surface area contributed by atoms with Crippen LogP contribution in [0.4, 0.5) is 33.4 Å². The van der Waals surface area contributed by atoms with E-state index in [9.17, 15) is 0 Å². The Bertz CT molecular complexity index is 1770. The van der Waals surface area contributed by atoms with Gasteiger partial charge in [0.25, 0.3) is 6.71 Å². The third-order valence-corrected chi connectivity index (χ3v) is 8.89. The highest BCUT2D eigenvalue weighted by atomic mass is 32.1. The molecule has 5 aromatic carbocycles. The summed E-state index contributed by atoms with van der Waals surface area (Å²) in [6.45, 7) is 0.168. The Hall–Kier alpha value is -4.54. The van der Waals surface area contributed by atoms with Crippen molar-refractivity contribution >= 4 is 67.9 Å². The Kier molecular flexibility index (Phi) is 4.82. The van der Waals surface area contributed by atoms with Crippen molar-refractivity contribution < 1.29 is 0 Å². The van der Waals surface area contributed by atoms with Crippen LogP contribution < -0.4 is 26.2 Å². The Morgan fingerprint density at radius 2 is 0.947 bits per heavy atom. The van der Waals surface area contributed by atoms with Gasteiger partial charge in [-0.2, -0.15) is 0 Å². The Labute approximate surface area is 227 Å². The van der Waals surface area contributed by atoms with Gasteiger partial charge < -0.3 is 9.80 Å². The fraction of sp³-hybridized carbons (Fsp3) is 0. The first-order valence-corrected chi connectivity index (χ1v) is 13.8. The van der Waals surface area contributed by atoms with E-state index in [0.29, 0.717) is 0 Å². The van der Waals surface area contributed by atoms with Gasteiger partial charge in [-0.15, -0.1) is 11.3 Å². The molecule has 1 aromatic heterocycles. The summed E-state index contributed by atoms with van der Waals surface area (Å²) in [4.78, 5) is 6.26. The number of hydrogen-bond donors (Lipinski definition) is 0. The number of benzene rings is 5. The lowest BCUT2D eigenvalue weighted by Crippen LogP contribution is -2.60. The van der Waals surface area contributed by atoms with Gasteiger partial charge in [0.2, 0.25) is 0 Å². The topological polar surface area (TPSA) is 6.48 Å². The second-order valence-electron chi connectivity index (χ2n) is 9.76. The first kappa shape index (κ1) is 21.5. The zero-order chi connectivity index (χ0) is 25.1. The standard InChI is InChI=1S/C34H23BN2S/c1-4-14-24(15-5-1)33-32-31-34(38-33)37(26-18-8-3-9-19-26)30-23-13-11-21-28(30)35(31)27-20-10-12-22-29(27)36(32)25-16-6-2-7-17-25/h1-23H. The molecule has 0 aliphatic carbocycles. The monoisotopic (exact) mass is 502 g/mol. The van der Waals surface area contributed by atoms with Crippen LogP contribution in [0.2, 0.25) is 0 Å². The Morgan fingerprint density at radius 1 is 0.474 bits per heavy atom. The van der Waals surface area contributed by atoms with E-state index in [-0.39, 0.29) is 6.71 Å². The van der Waals surface area contributed by atoms with Crippen LogP contribution in [0.1, 0.15) is 0 Å². The molecule has 2 aliphatic heterocycles. The summed E-state index contributed by atoms with van der Waals surface area (Å²) in [5.74, 6) is 0. The number of rotatable bonds is 3. The highest BCUT2D eigenvalue weighted by Gasteiger charge is 2.45. The average molecular weight is 502 g/mol. The van der Waals surface area contributed by atoms with Crippen LogP contribution in [-0.2, 0) is 0 Å². The van der Waals surface area contributed by atoms with E-state index in [2.05, 4.69) is 149 Å². The van der Waals surface area contributed by atoms with E-state index in [0.717, 1.165) is 0 Å². The molecular weight excluding hydrogens is 479 g/mol. The highest BCUT2D eigenvalue weighted by Crippen LogP contribution is 2.52. The molecule has 0 amide bonds. The molecule has 2 aliphatic rings. The summed E-state index contributed by atoms with van der Waals surface area (Å²) in [5, 5.41) is 1.30. The number of nitrogens with zero attached hydrogens (tertiary/aromatic N) is 2. The van der Waals surface area contributed by atoms with Crippen molar-refractivity contribution in [3.8, 4) is 10.4 Å². The lowest BCUT2D eigenvalue weighted by atomic mass is 9.34. The number of anilines is 6. The van der Waals surface area contributed by atoms with Crippen molar-refractivity contribution in [3.63, 3.8) is 0 Å². The molecule has 6 aromatic rings. The van der Waals surface area contributed by atoms with Gasteiger partial charge in [-0.1, -0.05) is 103 Å². The van der Waals surface area contributed by atoms with E-state index in [1.165, 1.54) is 60.3 Å². The van der Waals surface area contributed by atoms with E-state index in [1.54, 1.807) is 0 Å². The zero-order valence-electron chi connectivity index (χ0n) is 20.7. The molecule has 0 bridgehead atoms. The van der Waals surface area contributed by atoms with Gasteiger partial charge in [0.15, 0.2) is 0 Å².